The first kappa shape index (κ1) is 14.6. The molecular formula is C13H9ClIN3O2S. The molecule has 0 atom stereocenters. The molecule has 0 unspecified atom stereocenters. The molecule has 5 nitrogen and oxygen atoms in total. The molecule has 0 amide bonds. The zero-order valence-corrected chi connectivity index (χ0v) is 14.2. The van der Waals surface area contributed by atoms with Gasteiger partial charge in [0.15, 0.2) is 10.2 Å². The van der Waals surface area contributed by atoms with Crippen molar-refractivity contribution in [1.82, 2.24) is 9.38 Å². The van der Waals surface area contributed by atoms with Crippen molar-refractivity contribution in [3.8, 4) is 0 Å². The van der Waals surface area contributed by atoms with Crippen molar-refractivity contribution in [2.75, 3.05) is 4.72 Å². The van der Waals surface area contributed by atoms with Crippen LogP contribution in [0.3, 0.4) is 0 Å². The number of sulfonamides is 1. The van der Waals surface area contributed by atoms with E-state index < -0.39 is 10.0 Å². The van der Waals surface area contributed by atoms with Crippen LogP contribution >= 0.6 is 34.2 Å². The number of hydrogen-bond acceptors (Lipinski definition) is 3. The molecule has 2 aromatic heterocycles. The second kappa shape index (κ2) is 5.47. The maximum absolute atomic E-state index is 12.5. The molecule has 2 heterocycles. The lowest BCUT2D eigenvalue weighted by Crippen LogP contribution is -2.15. The molecule has 1 aromatic carbocycles. The summed E-state index contributed by atoms with van der Waals surface area (Å²) in [7, 11) is -3.82. The Bertz CT molecular complexity index is 907. The number of halogens is 2. The average molecular weight is 434 g/mol. The van der Waals surface area contributed by atoms with E-state index in [1.165, 1.54) is 4.40 Å². The number of pyridine rings is 1. The quantitative estimate of drug-likeness (QED) is 0.644. The summed E-state index contributed by atoms with van der Waals surface area (Å²) in [6, 6.07) is 12.2. The van der Waals surface area contributed by atoms with Crippen LogP contribution in [0.15, 0.2) is 53.7 Å². The lowest BCUT2D eigenvalue weighted by Gasteiger charge is -2.08. The number of anilines is 1. The van der Waals surface area contributed by atoms with E-state index >= 15 is 0 Å². The van der Waals surface area contributed by atoms with Gasteiger partial charge in [0.1, 0.15) is 5.65 Å². The Balaban J connectivity index is 2.08. The highest BCUT2D eigenvalue weighted by Crippen LogP contribution is 2.25. The van der Waals surface area contributed by atoms with Crippen LogP contribution in [0, 0.1) is 3.57 Å². The zero-order valence-electron chi connectivity index (χ0n) is 10.5. The fourth-order valence-corrected chi connectivity index (χ4v) is 3.97. The Hall–Kier alpha value is -1.32. The molecule has 0 radical (unpaired) electrons. The summed E-state index contributed by atoms with van der Waals surface area (Å²) in [5.41, 5.74) is 0.947. The van der Waals surface area contributed by atoms with Crippen LogP contribution < -0.4 is 4.72 Å². The van der Waals surface area contributed by atoms with Crippen LogP contribution in [0.4, 0.5) is 5.69 Å². The molecule has 0 spiro atoms. The lowest BCUT2D eigenvalue weighted by atomic mass is 10.3. The first-order valence-electron chi connectivity index (χ1n) is 5.88. The van der Waals surface area contributed by atoms with Crippen molar-refractivity contribution >= 4 is 55.5 Å². The van der Waals surface area contributed by atoms with Gasteiger partial charge in [-0.2, -0.15) is 8.42 Å². The highest BCUT2D eigenvalue weighted by molar-refractivity contribution is 14.1. The van der Waals surface area contributed by atoms with Crippen molar-refractivity contribution in [2.24, 2.45) is 0 Å². The third kappa shape index (κ3) is 2.85. The Kier molecular flexibility index (Phi) is 3.80. The number of aromatic nitrogens is 2. The Morgan fingerprint density at radius 2 is 1.86 bits per heavy atom. The minimum absolute atomic E-state index is 0.0563. The van der Waals surface area contributed by atoms with E-state index in [-0.39, 0.29) is 10.2 Å². The fraction of sp³-hybridized carbons (Fsp3) is 0. The van der Waals surface area contributed by atoms with E-state index in [0.29, 0.717) is 11.3 Å². The summed E-state index contributed by atoms with van der Waals surface area (Å²) in [6.45, 7) is 0. The molecule has 0 fully saturated rings. The molecule has 108 valence electrons. The largest absolute Gasteiger partial charge is 0.288 e. The number of nitrogens with zero attached hydrogens (tertiary/aromatic N) is 2. The predicted molar refractivity (Wildman–Crippen MR) is 90.2 cm³/mol. The molecule has 8 heteroatoms. The maximum Gasteiger partial charge on any atom is 0.281 e. The van der Waals surface area contributed by atoms with Gasteiger partial charge in [0, 0.05) is 15.5 Å². The summed E-state index contributed by atoms with van der Waals surface area (Å²) in [6.07, 6.45) is 1.61. The van der Waals surface area contributed by atoms with Gasteiger partial charge in [-0.1, -0.05) is 17.7 Å². The molecule has 21 heavy (non-hydrogen) atoms. The molecule has 3 rings (SSSR count). The maximum atomic E-state index is 12.5. The van der Waals surface area contributed by atoms with Gasteiger partial charge >= 0.3 is 0 Å². The molecule has 0 aliphatic carbocycles. The summed E-state index contributed by atoms with van der Waals surface area (Å²) in [5, 5.41) is -0.127. The van der Waals surface area contributed by atoms with E-state index in [1.54, 1.807) is 36.5 Å². The number of imidazole rings is 1. The minimum Gasteiger partial charge on any atom is -0.288 e. The van der Waals surface area contributed by atoms with Crippen LogP contribution in [0.5, 0.6) is 0 Å². The van der Waals surface area contributed by atoms with Gasteiger partial charge < -0.3 is 0 Å². The standard InChI is InChI=1S/C13H9ClIN3O2S/c14-12-13(18-8-2-1-3-11(18)16-12)21(19,20)17-10-6-4-9(15)5-7-10/h1-8,17H. The van der Waals surface area contributed by atoms with E-state index in [9.17, 15) is 8.42 Å². The monoisotopic (exact) mass is 433 g/mol. The molecule has 0 aliphatic heterocycles. The Morgan fingerprint density at radius 1 is 1.14 bits per heavy atom. The van der Waals surface area contributed by atoms with Gasteiger partial charge in [0.25, 0.3) is 10.0 Å². The zero-order chi connectivity index (χ0) is 15.0. The van der Waals surface area contributed by atoms with Gasteiger partial charge in [0.05, 0.1) is 0 Å². The van der Waals surface area contributed by atoms with Crippen molar-refractivity contribution < 1.29 is 8.42 Å². The van der Waals surface area contributed by atoms with Gasteiger partial charge in [-0.15, -0.1) is 0 Å². The molecule has 0 saturated heterocycles. The van der Waals surface area contributed by atoms with Gasteiger partial charge in [0.2, 0.25) is 0 Å². The number of rotatable bonds is 3. The van der Waals surface area contributed by atoms with Crippen molar-refractivity contribution in [1.29, 1.82) is 0 Å². The highest BCUT2D eigenvalue weighted by atomic mass is 127. The van der Waals surface area contributed by atoms with Crippen LogP contribution in [0.1, 0.15) is 0 Å². The number of hydrogen-bond donors (Lipinski definition) is 1. The van der Waals surface area contributed by atoms with Gasteiger partial charge in [-0.05, 0) is 59.0 Å². The fourth-order valence-electron chi connectivity index (χ4n) is 1.91. The molecule has 0 aliphatic rings. The molecule has 0 saturated carbocycles. The molecule has 0 bridgehead atoms. The third-order valence-electron chi connectivity index (χ3n) is 2.80. The van der Waals surface area contributed by atoms with Crippen molar-refractivity contribution in [2.45, 2.75) is 5.03 Å². The molecule has 1 N–H and O–H groups in total. The van der Waals surface area contributed by atoms with E-state index in [1.807, 2.05) is 12.1 Å². The van der Waals surface area contributed by atoms with Crippen LogP contribution in [0.25, 0.3) is 5.65 Å². The van der Waals surface area contributed by atoms with E-state index in [0.717, 1.165) is 3.57 Å². The summed E-state index contributed by atoms with van der Waals surface area (Å²) < 4.78 is 30.0. The summed E-state index contributed by atoms with van der Waals surface area (Å²) in [4.78, 5) is 4.04. The summed E-state index contributed by atoms with van der Waals surface area (Å²) in [5.74, 6) is 0. The predicted octanol–water partition coefficient (Wildman–Crippen LogP) is 3.39. The summed E-state index contributed by atoms with van der Waals surface area (Å²) >= 11 is 8.14. The number of fused-ring (bicyclic) bond motifs is 1. The van der Waals surface area contributed by atoms with E-state index in [4.69, 9.17) is 11.6 Å². The van der Waals surface area contributed by atoms with Crippen LogP contribution in [-0.4, -0.2) is 17.8 Å². The number of nitrogens with one attached hydrogen (secondary N) is 1. The smallest absolute Gasteiger partial charge is 0.281 e. The topological polar surface area (TPSA) is 63.5 Å². The second-order valence-electron chi connectivity index (χ2n) is 4.25. The first-order chi connectivity index (χ1) is 9.97. The Morgan fingerprint density at radius 3 is 2.57 bits per heavy atom. The normalized spacial score (nSPS) is 11.7. The van der Waals surface area contributed by atoms with Crippen molar-refractivity contribution in [3.63, 3.8) is 0 Å². The van der Waals surface area contributed by atoms with Crippen molar-refractivity contribution in [3.05, 3.63) is 57.4 Å². The van der Waals surface area contributed by atoms with Gasteiger partial charge in [-0.3, -0.25) is 9.12 Å². The van der Waals surface area contributed by atoms with E-state index in [2.05, 4.69) is 32.3 Å². The highest BCUT2D eigenvalue weighted by Gasteiger charge is 2.24. The Labute approximate surface area is 140 Å². The second-order valence-corrected chi connectivity index (χ2v) is 7.45. The number of benzene rings is 1. The minimum atomic E-state index is -3.82. The molecule has 3 aromatic rings. The first-order valence-corrected chi connectivity index (χ1v) is 8.82. The lowest BCUT2D eigenvalue weighted by molar-refractivity contribution is 0.596. The average Bonchev–Trinajstić information content (AvgIpc) is 2.77. The third-order valence-corrected chi connectivity index (χ3v) is 5.30. The SMILES string of the molecule is O=S(=O)(Nc1ccc(I)cc1)c1c(Cl)nc2ccccn12. The molecular weight excluding hydrogens is 425 g/mol. The van der Waals surface area contributed by atoms with Crippen LogP contribution in [-0.2, 0) is 10.0 Å². The van der Waals surface area contributed by atoms with Crippen LogP contribution in [0.2, 0.25) is 5.15 Å². The van der Waals surface area contributed by atoms with Gasteiger partial charge in [-0.25, -0.2) is 4.98 Å².